The highest BCUT2D eigenvalue weighted by Crippen LogP contribution is 2.11. The molecule has 0 aliphatic heterocycles. The molecule has 0 spiro atoms. The van der Waals surface area contributed by atoms with Gasteiger partial charge in [0.1, 0.15) is 0 Å². The number of thiazole rings is 1. The Kier molecular flexibility index (Phi) is 8.60. The van der Waals surface area contributed by atoms with Gasteiger partial charge in [0.15, 0.2) is 5.96 Å². The lowest BCUT2D eigenvalue weighted by Crippen LogP contribution is -2.38. The topological polar surface area (TPSA) is 86.7 Å². The molecule has 2 aromatic rings. The molecule has 7 nitrogen and oxygen atoms in total. The number of hydrogen-bond donors (Lipinski definition) is 2. The molecule has 29 heavy (non-hydrogen) atoms. The highest BCUT2D eigenvalue weighted by Gasteiger charge is 2.13. The summed E-state index contributed by atoms with van der Waals surface area (Å²) < 4.78 is 26.7. The van der Waals surface area contributed by atoms with Crippen LogP contribution in [0.4, 0.5) is 0 Å². The van der Waals surface area contributed by atoms with E-state index in [1.165, 1.54) is 0 Å². The van der Waals surface area contributed by atoms with Gasteiger partial charge in [0, 0.05) is 25.0 Å². The fourth-order valence-electron chi connectivity index (χ4n) is 2.80. The number of nitrogens with zero attached hydrogens (tertiary/aromatic N) is 3. The van der Waals surface area contributed by atoms with E-state index in [9.17, 15) is 8.42 Å². The van der Waals surface area contributed by atoms with Crippen molar-refractivity contribution in [3.05, 3.63) is 51.5 Å². The van der Waals surface area contributed by atoms with Crippen molar-refractivity contribution in [3.63, 3.8) is 0 Å². The van der Waals surface area contributed by atoms with Gasteiger partial charge >= 0.3 is 0 Å². The third-order valence-electron chi connectivity index (χ3n) is 3.97. The third kappa shape index (κ3) is 8.12. The lowest BCUT2D eigenvalue weighted by molar-refractivity contribution is 0.471. The van der Waals surface area contributed by atoms with Crippen molar-refractivity contribution in [2.24, 2.45) is 4.99 Å². The summed E-state index contributed by atoms with van der Waals surface area (Å²) in [4.78, 5) is 11.3. The van der Waals surface area contributed by atoms with E-state index >= 15 is 0 Å². The summed E-state index contributed by atoms with van der Waals surface area (Å²) in [6, 6.07) is 7.44. The number of aryl methyl sites for hydroxylation is 1. The number of nitrogens with one attached hydrogen (secondary N) is 2. The fraction of sp³-hybridized carbons (Fsp3) is 0.500. The quantitative estimate of drug-likeness (QED) is 0.465. The van der Waals surface area contributed by atoms with Gasteiger partial charge in [0.2, 0.25) is 10.0 Å². The van der Waals surface area contributed by atoms with E-state index in [0.29, 0.717) is 13.1 Å². The lowest BCUT2D eigenvalue weighted by atomic mass is 10.1. The molecule has 0 aliphatic rings. The molecule has 160 valence electrons. The first kappa shape index (κ1) is 23.3. The van der Waals surface area contributed by atoms with Crippen molar-refractivity contribution < 1.29 is 8.42 Å². The van der Waals surface area contributed by atoms with E-state index in [1.807, 2.05) is 59.0 Å². The lowest BCUT2D eigenvalue weighted by Gasteiger charge is -2.21. The molecule has 1 aromatic carbocycles. The minimum atomic E-state index is -3.32. The maximum absolute atomic E-state index is 12.1. The number of guanidine groups is 1. The third-order valence-corrected chi connectivity index (χ3v) is 6.33. The maximum atomic E-state index is 12.1. The minimum Gasteiger partial charge on any atom is -0.357 e. The zero-order valence-corrected chi connectivity index (χ0v) is 19.4. The number of aliphatic imine (C=N–C) groups is 1. The van der Waals surface area contributed by atoms with E-state index in [1.54, 1.807) is 11.3 Å². The number of sulfonamides is 1. The monoisotopic (exact) mass is 437 g/mol. The highest BCUT2D eigenvalue weighted by atomic mass is 32.2. The zero-order chi connectivity index (χ0) is 21.4. The van der Waals surface area contributed by atoms with E-state index in [2.05, 4.69) is 25.3 Å². The standard InChI is InChI=1S/C20H31N5O2S2/c1-6-21-20(25(5)12-19-13-28-16(4)23-19)22-11-17-7-9-18(10-8-17)14-29(26,27)24-15(2)3/h7-10,13,15,24H,6,11-12,14H2,1-5H3,(H,21,22). The molecule has 2 rings (SSSR count). The second kappa shape index (κ2) is 10.7. The van der Waals surface area contributed by atoms with Gasteiger partial charge < -0.3 is 10.2 Å². The van der Waals surface area contributed by atoms with Gasteiger partial charge in [0.05, 0.1) is 29.5 Å². The van der Waals surface area contributed by atoms with Gasteiger partial charge in [-0.15, -0.1) is 11.3 Å². The molecule has 0 unspecified atom stereocenters. The molecule has 0 amide bonds. The number of benzene rings is 1. The van der Waals surface area contributed by atoms with Crippen LogP contribution in [-0.4, -0.2) is 43.9 Å². The van der Waals surface area contributed by atoms with Crippen LogP contribution < -0.4 is 10.0 Å². The Hall–Kier alpha value is -1.97. The molecule has 9 heteroatoms. The molecule has 2 N–H and O–H groups in total. The van der Waals surface area contributed by atoms with Gasteiger partial charge in [-0.25, -0.2) is 23.1 Å². The van der Waals surface area contributed by atoms with Crippen molar-refractivity contribution in [1.29, 1.82) is 0 Å². The summed E-state index contributed by atoms with van der Waals surface area (Å²) in [5.74, 6) is 0.790. The van der Waals surface area contributed by atoms with Crippen LogP contribution in [-0.2, 0) is 28.9 Å². The predicted octanol–water partition coefficient (Wildman–Crippen LogP) is 2.88. The second-order valence-electron chi connectivity index (χ2n) is 7.23. The average Bonchev–Trinajstić information content (AvgIpc) is 3.03. The van der Waals surface area contributed by atoms with Crippen molar-refractivity contribution in [2.45, 2.75) is 52.6 Å². The summed E-state index contributed by atoms with van der Waals surface area (Å²) in [5, 5.41) is 6.43. The maximum Gasteiger partial charge on any atom is 0.216 e. The molecular weight excluding hydrogens is 406 g/mol. The van der Waals surface area contributed by atoms with Crippen molar-refractivity contribution in [1.82, 2.24) is 19.9 Å². The summed E-state index contributed by atoms with van der Waals surface area (Å²) in [6.07, 6.45) is 0. The van der Waals surface area contributed by atoms with Crippen LogP contribution in [0.15, 0.2) is 34.6 Å². The van der Waals surface area contributed by atoms with E-state index in [0.717, 1.165) is 34.3 Å². The number of rotatable bonds is 9. The molecule has 0 saturated carbocycles. The van der Waals surface area contributed by atoms with Crippen LogP contribution in [0, 0.1) is 6.92 Å². The summed E-state index contributed by atoms with van der Waals surface area (Å²) in [7, 11) is -1.33. The number of aromatic nitrogens is 1. The van der Waals surface area contributed by atoms with Crippen molar-refractivity contribution >= 4 is 27.3 Å². The molecule has 0 bridgehead atoms. The van der Waals surface area contributed by atoms with Gasteiger partial charge in [-0.05, 0) is 38.8 Å². The van der Waals surface area contributed by atoms with Crippen molar-refractivity contribution in [2.75, 3.05) is 13.6 Å². The molecular formula is C20H31N5O2S2. The van der Waals surface area contributed by atoms with Gasteiger partial charge in [-0.2, -0.15) is 0 Å². The Balaban J connectivity index is 2.01. The normalized spacial score (nSPS) is 12.4. The van der Waals surface area contributed by atoms with E-state index < -0.39 is 10.0 Å². The van der Waals surface area contributed by atoms with Crippen LogP contribution in [0.2, 0.25) is 0 Å². The average molecular weight is 438 g/mol. The first-order valence-corrected chi connectivity index (χ1v) is 12.2. The van der Waals surface area contributed by atoms with Crippen LogP contribution in [0.25, 0.3) is 0 Å². The Morgan fingerprint density at radius 3 is 2.45 bits per heavy atom. The van der Waals surface area contributed by atoms with Gasteiger partial charge in [0.25, 0.3) is 0 Å². The molecule has 0 radical (unpaired) electrons. The predicted molar refractivity (Wildman–Crippen MR) is 120 cm³/mol. The largest absolute Gasteiger partial charge is 0.357 e. The Labute approximate surface area is 178 Å². The summed E-state index contributed by atoms with van der Waals surface area (Å²) >= 11 is 1.64. The highest BCUT2D eigenvalue weighted by molar-refractivity contribution is 7.88. The van der Waals surface area contributed by atoms with Crippen LogP contribution >= 0.6 is 11.3 Å². The second-order valence-corrected chi connectivity index (χ2v) is 10.0. The Morgan fingerprint density at radius 2 is 1.90 bits per heavy atom. The SMILES string of the molecule is CCNC(=NCc1ccc(CS(=O)(=O)NC(C)C)cc1)N(C)Cc1csc(C)n1. The first-order chi connectivity index (χ1) is 13.7. The zero-order valence-electron chi connectivity index (χ0n) is 17.8. The van der Waals surface area contributed by atoms with Crippen LogP contribution in [0.3, 0.4) is 0 Å². The van der Waals surface area contributed by atoms with Gasteiger partial charge in [-0.1, -0.05) is 24.3 Å². The first-order valence-electron chi connectivity index (χ1n) is 9.66. The Bertz CT molecular complexity index is 905. The van der Waals surface area contributed by atoms with E-state index in [4.69, 9.17) is 4.99 Å². The van der Waals surface area contributed by atoms with Crippen LogP contribution in [0.5, 0.6) is 0 Å². The molecule has 0 fully saturated rings. The molecule has 1 aromatic heterocycles. The smallest absolute Gasteiger partial charge is 0.216 e. The Morgan fingerprint density at radius 1 is 1.24 bits per heavy atom. The molecule has 0 saturated heterocycles. The van der Waals surface area contributed by atoms with Gasteiger partial charge in [-0.3, -0.25) is 0 Å². The molecule has 0 atom stereocenters. The number of hydrogen-bond acceptors (Lipinski definition) is 5. The van der Waals surface area contributed by atoms with E-state index in [-0.39, 0.29) is 11.8 Å². The summed E-state index contributed by atoms with van der Waals surface area (Å²) in [5.41, 5.74) is 2.81. The molecule has 1 heterocycles. The minimum absolute atomic E-state index is 0.0207. The van der Waals surface area contributed by atoms with Crippen LogP contribution in [0.1, 0.15) is 42.6 Å². The summed E-state index contributed by atoms with van der Waals surface area (Å²) in [6.45, 7) is 9.65. The molecule has 0 aliphatic carbocycles. The van der Waals surface area contributed by atoms with Crippen molar-refractivity contribution in [3.8, 4) is 0 Å². The fourth-order valence-corrected chi connectivity index (χ4v) is 4.83.